The molecule has 7 nitrogen and oxygen atoms in total. The molecule has 12 heavy (non-hydrogen) atoms. The van der Waals surface area contributed by atoms with E-state index in [4.69, 9.17) is 10.3 Å². The number of imide groups is 1. The lowest BCUT2D eigenvalue weighted by molar-refractivity contribution is -0.156. The topological polar surface area (TPSA) is 121 Å². The van der Waals surface area contributed by atoms with E-state index in [2.05, 4.69) is 5.73 Å². The van der Waals surface area contributed by atoms with Crippen molar-refractivity contribution in [2.75, 3.05) is 0 Å². The van der Waals surface area contributed by atoms with Crippen molar-refractivity contribution in [3.63, 3.8) is 0 Å². The zero-order chi connectivity index (χ0) is 9.72. The fraction of sp³-hybridized carbons (Fsp3) is 0.400. The van der Waals surface area contributed by atoms with Crippen molar-refractivity contribution in [3.8, 4) is 0 Å². The largest absolute Gasteiger partial charge is 0.463 e. The van der Waals surface area contributed by atoms with Gasteiger partial charge in [0.25, 0.3) is 5.91 Å². The van der Waals surface area contributed by atoms with Crippen LogP contribution in [0.3, 0.4) is 0 Å². The molecule has 0 saturated heterocycles. The summed E-state index contributed by atoms with van der Waals surface area (Å²) >= 11 is 0. The number of nitrogens with two attached hydrogens (primary N) is 1. The van der Waals surface area contributed by atoms with E-state index >= 15 is 0 Å². The van der Waals surface area contributed by atoms with Gasteiger partial charge in [-0.05, 0) is 0 Å². The molecular formula is C5H8N2O5. The van der Waals surface area contributed by atoms with Crippen LogP contribution in [-0.4, -0.2) is 33.3 Å². The van der Waals surface area contributed by atoms with Crippen molar-refractivity contribution in [2.45, 2.75) is 12.8 Å². The van der Waals surface area contributed by atoms with Crippen LogP contribution in [0.2, 0.25) is 0 Å². The first-order valence-electron chi connectivity index (χ1n) is 2.98. The fourth-order valence-electron chi connectivity index (χ4n) is 0.443. The summed E-state index contributed by atoms with van der Waals surface area (Å²) in [5.41, 5.74) is 4.68. The molecule has 3 amide bonds. The number of nitrogens with zero attached hydrogens (tertiary/aromatic N) is 1. The lowest BCUT2D eigenvalue weighted by Crippen LogP contribution is -2.32. The second-order valence-corrected chi connectivity index (χ2v) is 1.95. The Kier molecular flexibility index (Phi) is 3.71. The molecule has 4 N–H and O–H groups in total. The van der Waals surface area contributed by atoms with E-state index in [1.54, 1.807) is 0 Å². The molecule has 68 valence electrons. The normalized spacial score (nSPS) is 9.08. The second kappa shape index (κ2) is 4.29. The molecule has 0 saturated carbocycles. The molecule has 0 unspecified atom stereocenters. The lowest BCUT2D eigenvalue weighted by atomic mass is 10.3. The van der Waals surface area contributed by atoms with Gasteiger partial charge in [-0.3, -0.25) is 14.8 Å². The standard InChI is InChI=1S/C5H8N2O5/c6-3(8)1-2-4(9)7(12)5(10)11/h12H,1-2H2,(H2,6,8)(H,10,11). The van der Waals surface area contributed by atoms with Crippen molar-refractivity contribution in [1.82, 2.24) is 5.06 Å². The van der Waals surface area contributed by atoms with E-state index in [0.29, 0.717) is 0 Å². The molecule has 0 atom stereocenters. The Bertz CT molecular complexity index is 214. The minimum atomic E-state index is -1.79. The van der Waals surface area contributed by atoms with E-state index < -0.39 is 29.4 Å². The van der Waals surface area contributed by atoms with Crippen molar-refractivity contribution in [2.24, 2.45) is 5.73 Å². The molecule has 0 heterocycles. The molecule has 0 aliphatic carbocycles. The van der Waals surface area contributed by atoms with E-state index in [-0.39, 0.29) is 6.42 Å². The van der Waals surface area contributed by atoms with Crippen LogP contribution in [0.5, 0.6) is 0 Å². The summed E-state index contributed by atoms with van der Waals surface area (Å²) < 4.78 is 0. The van der Waals surface area contributed by atoms with Gasteiger partial charge in [0.15, 0.2) is 0 Å². The molecule has 0 fully saturated rings. The molecule has 0 spiro atoms. The zero-order valence-corrected chi connectivity index (χ0v) is 6.06. The van der Waals surface area contributed by atoms with E-state index in [0.717, 1.165) is 0 Å². The maximum Gasteiger partial charge on any atom is 0.438 e. The average molecular weight is 176 g/mol. The SMILES string of the molecule is NC(=O)CCC(=O)N(O)C(=O)O. The molecule has 7 heteroatoms. The number of carbonyl (C=O) groups excluding carboxylic acids is 2. The van der Waals surface area contributed by atoms with Crippen LogP contribution in [0.4, 0.5) is 4.79 Å². The Morgan fingerprint density at radius 1 is 1.25 bits per heavy atom. The zero-order valence-electron chi connectivity index (χ0n) is 6.06. The van der Waals surface area contributed by atoms with Gasteiger partial charge in [-0.2, -0.15) is 0 Å². The summed E-state index contributed by atoms with van der Waals surface area (Å²) in [5, 5.41) is 16.0. The Morgan fingerprint density at radius 2 is 1.75 bits per heavy atom. The Morgan fingerprint density at radius 3 is 2.08 bits per heavy atom. The van der Waals surface area contributed by atoms with Gasteiger partial charge in [0.05, 0.1) is 0 Å². The van der Waals surface area contributed by atoms with Crippen molar-refractivity contribution in [3.05, 3.63) is 0 Å². The van der Waals surface area contributed by atoms with Crippen LogP contribution < -0.4 is 5.73 Å². The predicted molar refractivity (Wildman–Crippen MR) is 35.1 cm³/mol. The molecule has 0 aromatic carbocycles. The third kappa shape index (κ3) is 3.52. The van der Waals surface area contributed by atoms with E-state index in [1.165, 1.54) is 0 Å². The first kappa shape index (κ1) is 10.4. The van der Waals surface area contributed by atoms with Gasteiger partial charge < -0.3 is 10.8 Å². The quantitative estimate of drug-likeness (QED) is 0.382. The Balaban J connectivity index is 3.88. The summed E-state index contributed by atoms with van der Waals surface area (Å²) in [6.45, 7) is 0. The van der Waals surface area contributed by atoms with Gasteiger partial charge in [0.1, 0.15) is 0 Å². The fourth-order valence-corrected chi connectivity index (χ4v) is 0.443. The minimum Gasteiger partial charge on any atom is -0.463 e. The molecule has 0 radical (unpaired) electrons. The first-order valence-corrected chi connectivity index (χ1v) is 2.98. The van der Waals surface area contributed by atoms with E-state index in [1.807, 2.05) is 0 Å². The van der Waals surface area contributed by atoms with Gasteiger partial charge in [0.2, 0.25) is 5.91 Å². The number of amides is 3. The Labute approximate surface area is 67.3 Å². The van der Waals surface area contributed by atoms with Gasteiger partial charge in [-0.1, -0.05) is 0 Å². The van der Waals surface area contributed by atoms with Crippen molar-refractivity contribution in [1.29, 1.82) is 0 Å². The van der Waals surface area contributed by atoms with Crippen molar-refractivity contribution < 1.29 is 24.7 Å². The smallest absolute Gasteiger partial charge is 0.438 e. The van der Waals surface area contributed by atoms with Gasteiger partial charge in [0, 0.05) is 12.8 Å². The van der Waals surface area contributed by atoms with Gasteiger partial charge >= 0.3 is 6.09 Å². The number of rotatable bonds is 3. The maximum absolute atomic E-state index is 10.6. The molecule has 0 bridgehead atoms. The van der Waals surface area contributed by atoms with Gasteiger partial charge in [-0.15, -0.1) is 5.06 Å². The monoisotopic (exact) mass is 176 g/mol. The molecule has 0 aromatic heterocycles. The second-order valence-electron chi connectivity index (χ2n) is 1.95. The van der Waals surface area contributed by atoms with Crippen LogP contribution in [0.15, 0.2) is 0 Å². The highest BCUT2D eigenvalue weighted by molar-refractivity contribution is 5.91. The van der Waals surface area contributed by atoms with Crippen LogP contribution >= 0.6 is 0 Å². The van der Waals surface area contributed by atoms with Crippen LogP contribution in [0.1, 0.15) is 12.8 Å². The molecular weight excluding hydrogens is 168 g/mol. The van der Waals surface area contributed by atoms with E-state index in [9.17, 15) is 14.4 Å². The third-order valence-corrected chi connectivity index (χ3v) is 1.00. The minimum absolute atomic E-state index is 0.289. The molecule has 0 aliphatic heterocycles. The van der Waals surface area contributed by atoms with Crippen LogP contribution in [-0.2, 0) is 9.59 Å². The molecule has 0 aliphatic rings. The third-order valence-electron chi connectivity index (χ3n) is 1.00. The number of primary amides is 1. The maximum atomic E-state index is 10.6. The molecule has 0 rings (SSSR count). The summed E-state index contributed by atoms with van der Waals surface area (Å²) in [6.07, 6.45) is -2.49. The highest BCUT2D eigenvalue weighted by Crippen LogP contribution is 1.94. The van der Waals surface area contributed by atoms with Gasteiger partial charge in [-0.25, -0.2) is 4.79 Å². The first-order chi connectivity index (χ1) is 5.45. The van der Waals surface area contributed by atoms with Crippen LogP contribution in [0.25, 0.3) is 0 Å². The summed E-state index contributed by atoms with van der Waals surface area (Å²) in [6, 6.07) is 0. The number of hydrogen-bond acceptors (Lipinski definition) is 4. The summed E-state index contributed by atoms with van der Waals surface area (Å²) in [4.78, 5) is 30.6. The Hall–Kier alpha value is -1.63. The summed E-state index contributed by atoms with van der Waals surface area (Å²) in [5.74, 6) is -1.82. The highest BCUT2D eigenvalue weighted by Gasteiger charge is 2.17. The molecule has 0 aromatic rings. The summed E-state index contributed by atoms with van der Waals surface area (Å²) in [7, 11) is 0. The highest BCUT2D eigenvalue weighted by atomic mass is 16.6. The number of hydrogen-bond donors (Lipinski definition) is 3. The number of hydroxylamine groups is 2. The van der Waals surface area contributed by atoms with Crippen molar-refractivity contribution >= 4 is 17.9 Å². The number of carbonyl (C=O) groups is 3. The van der Waals surface area contributed by atoms with Crippen LogP contribution in [0, 0.1) is 0 Å². The average Bonchev–Trinajstić information content (AvgIpc) is 1.98. The lowest BCUT2D eigenvalue weighted by Gasteiger charge is -2.06. The number of carboxylic acid groups (broad SMARTS) is 1. The predicted octanol–water partition coefficient (Wildman–Crippen LogP) is -0.852.